The van der Waals surface area contributed by atoms with E-state index in [1.165, 1.54) is 15.9 Å². The Morgan fingerprint density at radius 1 is 1.04 bits per heavy atom. The number of hydrogen-bond donors (Lipinski definition) is 0. The molecule has 4 rings (SSSR count). The van der Waals surface area contributed by atoms with Crippen molar-refractivity contribution < 1.29 is 0 Å². The number of rotatable bonds is 3. The van der Waals surface area contributed by atoms with Crippen LogP contribution in [-0.4, -0.2) is 14.6 Å². The quantitative estimate of drug-likeness (QED) is 0.577. The maximum Gasteiger partial charge on any atom is 0.291 e. The highest BCUT2D eigenvalue weighted by molar-refractivity contribution is 7.15. The minimum absolute atomic E-state index is 0.120. The lowest BCUT2D eigenvalue weighted by atomic mass is 10.2. The van der Waals surface area contributed by atoms with Crippen LogP contribution in [0, 0.1) is 0 Å². The summed E-state index contributed by atoms with van der Waals surface area (Å²) in [4.78, 5) is 18.4. The lowest BCUT2D eigenvalue weighted by Gasteiger charge is -1.88. The van der Waals surface area contributed by atoms with E-state index in [-0.39, 0.29) is 5.56 Å². The zero-order valence-electron chi connectivity index (χ0n) is 11.9. The lowest BCUT2D eigenvalue weighted by Crippen LogP contribution is -2.23. The maximum absolute atomic E-state index is 12.4. The Morgan fingerprint density at radius 2 is 1.91 bits per heavy atom. The van der Waals surface area contributed by atoms with Gasteiger partial charge in [-0.3, -0.25) is 4.79 Å². The zero-order chi connectivity index (χ0) is 15.6. The van der Waals surface area contributed by atoms with Gasteiger partial charge in [-0.05, 0) is 29.2 Å². The molecule has 23 heavy (non-hydrogen) atoms. The molecule has 0 saturated carbocycles. The number of benzene rings is 1. The van der Waals surface area contributed by atoms with E-state index in [1.54, 1.807) is 11.3 Å². The van der Waals surface area contributed by atoms with Gasteiger partial charge in [0.25, 0.3) is 5.56 Å². The number of thiazole rings is 1. The third-order valence-corrected chi connectivity index (χ3v) is 5.02. The lowest BCUT2D eigenvalue weighted by molar-refractivity contribution is 0.925. The molecule has 0 aliphatic heterocycles. The molecule has 4 nitrogen and oxygen atoms in total. The van der Waals surface area contributed by atoms with Crippen LogP contribution < -0.4 is 10.1 Å². The second-order valence-electron chi connectivity index (χ2n) is 4.84. The van der Waals surface area contributed by atoms with Gasteiger partial charge in [-0.25, -0.2) is 0 Å². The summed E-state index contributed by atoms with van der Waals surface area (Å²) >= 11 is 2.96. The molecule has 0 aliphatic carbocycles. The van der Waals surface area contributed by atoms with Crippen molar-refractivity contribution in [2.24, 2.45) is 0 Å². The van der Waals surface area contributed by atoms with E-state index in [0.29, 0.717) is 15.3 Å². The average Bonchev–Trinajstić information content (AvgIpc) is 3.27. The van der Waals surface area contributed by atoms with Gasteiger partial charge in [-0.2, -0.15) is 9.50 Å². The van der Waals surface area contributed by atoms with Crippen LogP contribution in [0.5, 0.6) is 0 Å². The zero-order valence-corrected chi connectivity index (χ0v) is 13.6. The summed E-state index contributed by atoms with van der Waals surface area (Å²) in [6.45, 7) is 0. The fraction of sp³-hybridized carbons (Fsp3) is 0. The van der Waals surface area contributed by atoms with Crippen LogP contribution in [0.2, 0.25) is 0 Å². The summed E-state index contributed by atoms with van der Waals surface area (Å²) in [5, 5.41) is 6.26. The van der Waals surface area contributed by atoms with E-state index in [4.69, 9.17) is 0 Å². The third kappa shape index (κ3) is 2.86. The molecule has 1 aromatic carbocycles. The smallest absolute Gasteiger partial charge is 0.266 e. The first-order chi connectivity index (χ1) is 11.3. The average molecular weight is 337 g/mol. The molecule has 6 heteroatoms. The molecule has 0 aliphatic rings. The van der Waals surface area contributed by atoms with Crippen molar-refractivity contribution in [3.05, 3.63) is 79.0 Å². The van der Waals surface area contributed by atoms with E-state index in [1.807, 2.05) is 66.1 Å². The fourth-order valence-corrected chi connectivity index (χ4v) is 3.79. The summed E-state index contributed by atoms with van der Waals surface area (Å²) in [6.07, 6.45) is 5.63. The van der Waals surface area contributed by atoms with E-state index in [0.717, 1.165) is 10.4 Å². The molecule has 0 saturated heterocycles. The van der Waals surface area contributed by atoms with Gasteiger partial charge in [0.1, 0.15) is 0 Å². The van der Waals surface area contributed by atoms with Crippen molar-refractivity contribution in [2.45, 2.75) is 0 Å². The summed E-state index contributed by atoms with van der Waals surface area (Å²) in [5.41, 5.74) is 0.949. The van der Waals surface area contributed by atoms with E-state index in [9.17, 15) is 4.79 Å². The van der Waals surface area contributed by atoms with Gasteiger partial charge in [-0.1, -0.05) is 53.8 Å². The molecule has 0 radical (unpaired) electrons. The minimum Gasteiger partial charge on any atom is -0.266 e. The van der Waals surface area contributed by atoms with Gasteiger partial charge >= 0.3 is 0 Å². The van der Waals surface area contributed by atoms with Crippen molar-refractivity contribution in [3.63, 3.8) is 0 Å². The SMILES string of the molecule is O=c1/c(=C/c2cccs2)sc2nc(/C=C/c3ccccc3)nn12. The minimum atomic E-state index is -0.120. The molecule has 0 spiro atoms. The van der Waals surface area contributed by atoms with Crippen LogP contribution in [0.15, 0.2) is 52.6 Å². The van der Waals surface area contributed by atoms with Crippen LogP contribution in [-0.2, 0) is 0 Å². The van der Waals surface area contributed by atoms with E-state index < -0.39 is 0 Å². The Labute approximate surface area is 139 Å². The normalized spacial score (nSPS) is 12.6. The molecular weight excluding hydrogens is 326 g/mol. The summed E-state index contributed by atoms with van der Waals surface area (Å²) in [5.74, 6) is 0.542. The van der Waals surface area contributed by atoms with Crippen LogP contribution in [0.3, 0.4) is 0 Å². The number of aromatic nitrogens is 3. The number of hydrogen-bond acceptors (Lipinski definition) is 5. The number of fused-ring (bicyclic) bond motifs is 1. The molecule has 0 unspecified atom stereocenters. The first kappa shape index (κ1) is 14.0. The van der Waals surface area contributed by atoms with Crippen LogP contribution >= 0.6 is 22.7 Å². The second-order valence-corrected chi connectivity index (χ2v) is 6.83. The van der Waals surface area contributed by atoms with Gasteiger partial charge in [0, 0.05) is 4.88 Å². The molecule has 0 bridgehead atoms. The molecule has 4 aromatic rings. The monoisotopic (exact) mass is 337 g/mol. The summed E-state index contributed by atoms with van der Waals surface area (Å²) < 4.78 is 2.02. The molecule has 3 heterocycles. The Bertz CT molecular complexity index is 1080. The molecular formula is C17H11N3OS2. The Balaban J connectivity index is 1.71. The van der Waals surface area contributed by atoms with Crippen LogP contribution in [0.25, 0.3) is 23.2 Å². The predicted molar refractivity (Wildman–Crippen MR) is 95.6 cm³/mol. The van der Waals surface area contributed by atoms with Crippen LogP contribution in [0.1, 0.15) is 16.3 Å². The summed E-state index contributed by atoms with van der Waals surface area (Å²) in [7, 11) is 0. The topological polar surface area (TPSA) is 47.3 Å². The van der Waals surface area contributed by atoms with Gasteiger partial charge in [0.05, 0.1) is 4.53 Å². The van der Waals surface area contributed by atoms with Gasteiger partial charge in [0.15, 0.2) is 5.82 Å². The van der Waals surface area contributed by atoms with Crippen LogP contribution in [0.4, 0.5) is 0 Å². The molecule has 0 N–H and O–H groups in total. The fourth-order valence-electron chi connectivity index (χ4n) is 2.16. The second kappa shape index (κ2) is 5.91. The predicted octanol–water partition coefficient (Wildman–Crippen LogP) is 2.93. The van der Waals surface area contributed by atoms with Crippen molar-refractivity contribution in [1.29, 1.82) is 0 Å². The van der Waals surface area contributed by atoms with Gasteiger partial charge in [-0.15, -0.1) is 16.4 Å². The number of thiophene rings is 1. The first-order valence-corrected chi connectivity index (χ1v) is 8.67. The highest BCUT2D eigenvalue weighted by Gasteiger charge is 2.08. The highest BCUT2D eigenvalue weighted by atomic mass is 32.1. The standard InChI is InChI=1S/C17H11N3OS2/c21-16-14(11-13-7-4-10-22-13)23-17-18-15(19-20(16)17)9-8-12-5-2-1-3-6-12/h1-11H/b9-8+,14-11-. The molecule has 0 amide bonds. The van der Waals surface area contributed by atoms with E-state index in [2.05, 4.69) is 10.1 Å². The van der Waals surface area contributed by atoms with Crippen molar-refractivity contribution in [2.75, 3.05) is 0 Å². The first-order valence-electron chi connectivity index (χ1n) is 6.97. The number of nitrogens with zero attached hydrogens (tertiary/aromatic N) is 3. The molecule has 3 aromatic heterocycles. The van der Waals surface area contributed by atoms with Gasteiger partial charge in [0.2, 0.25) is 4.96 Å². The molecule has 112 valence electrons. The maximum atomic E-state index is 12.4. The van der Waals surface area contributed by atoms with Gasteiger partial charge < -0.3 is 0 Å². The molecule has 0 fully saturated rings. The third-order valence-electron chi connectivity index (χ3n) is 3.24. The summed E-state index contributed by atoms with van der Waals surface area (Å²) in [6, 6.07) is 13.9. The Kier molecular flexibility index (Phi) is 3.61. The van der Waals surface area contributed by atoms with Crippen molar-refractivity contribution >= 4 is 45.9 Å². The Morgan fingerprint density at radius 3 is 2.65 bits per heavy atom. The van der Waals surface area contributed by atoms with Crippen molar-refractivity contribution in [3.8, 4) is 0 Å². The van der Waals surface area contributed by atoms with Crippen molar-refractivity contribution in [1.82, 2.24) is 14.6 Å². The highest BCUT2D eigenvalue weighted by Crippen LogP contribution is 2.10. The molecule has 0 atom stereocenters. The van der Waals surface area contributed by atoms with E-state index >= 15 is 0 Å². The Hall–Kier alpha value is -2.57. The largest absolute Gasteiger partial charge is 0.291 e.